The predicted molar refractivity (Wildman–Crippen MR) is 148 cm³/mol. The number of carbonyl (C=O) groups is 2. The molecule has 0 saturated carbocycles. The molecule has 1 aromatic rings. The lowest BCUT2D eigenvalue weighted by Crippen LogP contribution is -2.32. The molecule has 0 bridgehead atoms. The van der Waals surface area contributed by atoms with Crippen molar-refractivity contribution in [1.82, 2.24) is 26.3 Å². The zero-order valence-corrected chi connectivity index (χ0v) is 22.9. The smallest absolute Gasteiger partial charge is 0.222 e. The van der Waals surface area contributed by atoms with E-state index in [2.05, 4.69) is 26.3 Å². The molecular weight excluding hydrogens is 500 g/mol. The van der Waals surface area contributed by atoms with Gasteiger partial charge in [0.25, 0.3) is 0 Å². The number of amides is 2. The molecule has 0 radical (unpaired) electrons. The Kier molecular flexibility index (Phi) is 22.9. The van der Waals surface area contributed by atoms with Crippen LogP contribution in [0.4, 0.5) is 0 Å². The molecule has 0 aliphatic rings. The van der Waals surface area contributed by atoms with Crippen LogP contribution in [0.5, 0.6) is 0 Å². The molecule has 2 amide bonds. The molecule has 206 valence electrons. The molecule has 12 heteroatoms. The number of ether oxygens (including phenoxy) is 2. The summed E-state index contributed by atoms with van der Waals surface area (Å²) in [5, 5.41) is 13.3. The van der Waals surface area contributed by atoms with E-state index in [1.807, 2.05) is 18.2 Å². The summed E-state index contributed by atoms with van der Waals surface area (Å²) in [6, 6.07) is 5.77. The lowest BCUT2D eigenvalue weighted by molar-refractivity contribution is -0.122. The molecule has 1 rings (SSSR count). The molecule has 0 fully saturated rings. The van der Waals surface area contributed by atoms with Gasteiger partial charge in [-0.05, 0) is 48.9 Å². The highest BCUT2D eigenvalue weighted by Gasteiger charge is 2.03. The Bertz CT molecular complexity index is 661. The van der Waals surface area contributed by atoms with E-state index in [4.69, 9.17) is 15.2 Å². The molecular formula is C24H44N6O4S2. The van der Waals surface area contributed by atoms with Crippen LogP contribution in [0.2, 0.25) is 0 Å². The van der Waals surface area contributed by atoms with Crippen LogP contribution in [0.3, 0.4) is 0 Å². The number of hydrogen-bond acceptors (Lipinski definition) is 10. The highest BCUT2D eigenvalue weighted by Crippen LogP contribution is 2.29. The second-order valence-corrected chi connectivity index (χ2v) is 10.3. The van der Waals surface area contributed by atoms with Gasteiger partial charge < -0.3 is 36.5 Å². The molecule has 0 saturated heterocycles. The van der Waals surface area contributed by atoms with Crippen molar-refractivity contribution in [3.05, 3.63) is 24.4 Å². The van der Waals surface area contributed by atoms with Crippen LogP contribution >= 0.6 is 21.6 Å². The maximum atomic E-state index is 11.8. The standard InChI is InChI=1S/C24H44N6O4S2/c25-9-13-26-10-3-1-4-11-27-14-15-28-22(31)7-17-33-19-20-34-18-16-29-23(32)8-21-35-36-24-6-2-5-12-30-24/h2,5-6,12,26-27H,1,3-4,7-11,13-21,25H2,(H,28,31)(H,29,32). The highest BCUT2D eigenvalue weighted by atomic mass is 33.1. The lowest BCUT2D eigenvalue weighted by Gasteiger charge is -2.08. The number of nitrogens with two attached hydrogens (primary N) is 1. The predicted octanol–water partition coefficient (Wildman–Crippen LogP) is 1.18. The molecule has 0 aliphatic carbocycles. The van der Waals surface area contributed by atoms with E-state index >= 15 is 0 Å². The van der Waals surface area contributed by atoms with E-state index in [1.165, 1.54) is 6.42 Å². The van der Waals surface area contributed by atoms with Crippen LogP contribution in [0.15, 0.2) is 29.4 Å². The van der Waals surface area contributed by atoms with Crippen molar-refractivity contribution in [2.24, 2.45) is 5.73 Å². The van der Waals surface area contributed by atoms with Crippen LogP contribution in [0, 0.1) is 0 Å². The van der Waals surface area contributed by atoms with E-state index in [1.54, 1.807) is 27.8 Å². The van der Waals surface area contributed by atoms with Crippen molar-refractivity contribution in [2.75, 3.05) is 78.0 Å². The Hall–Kier alpha value is -1.41. The van der Waals surface area contributed by atoms with Gasteiger partial charge in [-0.1, -0.05) is 23.3 Å². The first-order chi connectivity index (χ1) is 17.7. The number of rotatable bonds is 25. The Balaban J connectivity index is 1.76. The van der Waals surface area contributed by atoms with Crippen LogP contribution in [-0.4, -0.2) is 94.8 Å². The van der Waals surface area contributed by atoms with Crippen LogP contribution < -0.4 is 27.0 Å². The number of carbonyl (C=O) groups excluding carboxylic acids is 2. The first-order valence-electron chi connectivity index (χ1n) is 12.7. The van der Waals surface area contributed by atoms with Gasteiger partial charge >= 0.3 is 0 Å². The van der Waals surface area contributed by atoms with E-state index in [0.29, 0.717) is 58.9 Å². The third-order valence-electron chi connectivity index (χ3n) is 4.76. The van der Waals surface area contributed by atoms with Crippen LogP contribution in [0.1, 0.15) is 32.1 Å². The SMILES string of the molecule is NCCNCCCCCNCCNC(=O)CCOCCOCCNC(=O)CCSSc1ccccn1. The van der Waals surface area contributed by atoms with Gasteiger partial charge in [0.05, 0.1) is 26.4 Å². The average molecular weight is 545 g/mol. The number of nitrogens with one attached hydrogen (secondary N) is 4. The number of pyridine rings is 1. The third kappa shape index (κ3) is 21.8. The lowest BCUT2D eigenvalue weighted by atomic mass is 10.2. The second-order valence-electron chi connectivity index (χ2n) is 7.85. The molecule has 1 aromatic heterocycles. The summed E-state index contributed by atoms with van der Waals surface area (Å²) in [5.74, 6) is 0.722. The minimum Gasteiger partial charge on any atom is -0.379 e. The fourth-order valence-electron chi connectivity index (χ4n) is 2.88. The normalized spacial score (nSPS) is 10.9. The number of nitrogens with zero attached hydrogens (tertiary/aromatic N) is 1. The molecule has 0 aromatic carbocycles. The first-order valence-corrected chi connectivity index (χ1v) is 15.0. The Morgan fingerprint density at radius 3 is 2.28 bits per heavy atom. The van der Waals surface area contributed by atoms with Gasteiger partial charge in [0, 0.05) is 57.5 Å². The molecule has 0 unspecified atom stereocenters. The fraction of sp³-hybridized carbons (Fsp3) is 0.708. The Morgan fingerprint density at radius 1 is 0.806 bits per heavy atom. The van der Waals surface area contributed by atoms with Gasteiger partial charge in [-0.25, -0.2) is 4.98 Å². The van der Waals surface area contributed by atoms with Gasteiger partial charge in [-0.3, -0.25) is 9.59 Å². The van der Waals surface area contributed by atoms with Crippen LogP contribution in [0.25, 0.3) is 0 Å². The number of unbranched alkanes of at least 4 members (excludes halogenated alkanes) is 2. The molecule has 1 heterocycles. The Morgan fingerprint density at radius 2 is 1.53 bits per heavy atom. The maximum absolute atomic E-state index is 11.8. The van der Waals surface area contributed by atoms with Crippen molar-refractivity contribution in [2.45, 2.75) is 37.1 Å². The monoisotopic (exact) mass is 544 g/mol. The van der Waals surface area contributed by atoms with E-state index < -0.39 is 0 Å². The minimum absolute atomic E-state index is 0.0109. The first kappa shape index (κ1) is 32.6. The molecule has 0 spiro atoms. The Labute approximate surface area is 223 Å². The zero-order valence-electron chi connectivity index (χ0n) is 21.3. The molecule has 0 aliphatic heterocycles. The van der Waals surface area contributed by atoms with E-state index in [-0.39, 0.29) is 11.8 Å². The second kappa shape index (κ2) is 25.2. The summed E-state index contributed by atoms with van der Waals surface area (Å²) >= 11 is 0. The third-order valence-corrected chi connectivity index (χ3v) is 7.03. The van der Waals surface area contributed by atoms with Crippen molar-refractivity contribution in [3.63, 3.8) is 0 Å². The zero-order chi connectivity index (χ0) is 25.9. The topological polar surface area (TPSA) is 140 Å². The summed E-state index contributed by atoms with van der Waals surface area (Å²) in [5.41, 5.74) is 5.42. The van der Waals surface area contributed by atoms with Crippen molar-refractivity contribution < 1.29 is 19.1 Å². The van der Waals surface area contributed by atoms with E-state index in [9.17, 15) is 9.59 Å². The molecule has 0 atom stereocenters. The quantitative estimate of drug-likeness (QED) is 0.0900. The minimum atomic E-state index is -0.0111. The molecule has 36 heavy (non-hydrogen) atoms. The van der Waals surface area contributed by atoms with Crippen molar-refractivity contribution in [3.8, 4) is 0 Å². The van der Waals surface area contributed by atoms with Gasteiger partial charge in [0.2, 0.25) is 11.8 Å². The van der Waals surface area contributed by atoms with Gasteiger partial charge in [0.1, 0.15) is 5.03 Å². The highest BCUT2D eigenvalue weighted by molar-refractivity contribution is 8.76. The fourth-order valence-corrected chi connectivity index (χ4v) is 4.75. The van der Waals surface area contributed by atoms with E-state index in [0.717, 1.165) is 49.8 Å². The molecule has 6 N–H and O–H groups in total. The van der Waals surface area contributed by atoms with Crippen LogP contribution in [-0.2, 0) is 19.1 Å². The summed E-state index contributed by atoms with van der Waals surface area (Å²) in [4.78, 5) is 27.8. The number of aromatic nitrogens is 1. The largest absolute Gasteiger partial charge is 0.379 e. The van der Waals surface area contributed by atoms with Gasteiger partial charge in [0.15, 0.2) is 0 Å². The average Bonchev–Trinajstić information content (AvgIpc) is 2.89. The van der Waals surface area contributed by atoms with Gasteiger partial charge in [-0.15, -0.1) is 0 Å². The molecule has 10 nitrogen and oxygen atoms in total. The summed E-state index contributed by atoms with van der Waals surface area (Å²) < 4.78 is 10.9. The summed E-state index contributed by atoms with van der Waals surface area (Å²) in [6.45, 7) is 7.06. The summed E-state index contributed by atoms with van der Waals surface area (Å²) in [7, 11) is 3.18. The number of hydrogen-bond donors (Lipinski definition) is 5. The maximum Gasteiger partial charge on any atom is 0.222 e. The summed E-state index contributed by atoms with van der Waals surface area (Å²) in [6.07, 6.45) is 6.02. The van der Waals surface area contributed by atoms with Gasteiger partial charge in [-0.2, -0.15) is 0 Å². The van der Waals surface area contributed by atoms with Crippen molar-refractivity contribution in [1.29, 1.82) is 0 Å². The van der Waals surface area contributed by atoms with Crippen molar-refractivity contribution >= 4 is 33.4 Å².